The van der Waals surface area contributed by atoms with Crippen molar-refractivity contribution >= 4 is 56.3 Å². The van der Waals surface area contributed by atoms with E-state index >= 15 is 0 Å². The zero-order valence-electron chi connectivity index (χ0n) is 19.5. The summed E-state index contributed by atoms with van der Waals surface area (Å²) in [5, 5.41) is 2.05. The van der Waals surface area contributed by atoms with Gasteiger partial charge in [-0.1, -0.05) is 45.7 Å². The second-order valence-corrected chi connectivity index (χ2v) is 9.67. The molecule has 0 bridgehead atoms. The SMILES string of the molecule is COc1ccc(/C=C/C(=O)NN2C(=O)CC2c2nc3ccc(Br)cc3c(=O)n2-c2cccc(Cl)c2)cc1. The minimum Gasteiger partial charge on any atom is -0.497 e. The van der Waals surface area contributed by atoms with Crippen LogP contribution in [0.2, 0.25) is 5.02 Å². The molecule has 4 aromatic rings. The molecule has 0 aliphatic carbocycles. The van der Waals surface area contributed by atoms with E-state index in [-0.39, 0.29) is 17.9 Å². The molecule has 1 fully saturated rings. The highest BCUT2D eigenvalue weighted by atomic mass is 79.9. The molecule has 37 heavy (non-hydrogen) atoms. The zero-order valence-corrected chi connectivity index (χ0v) is 21.9. The number of ether oxygens (including phenoxy) is 1. The third-order valence-corrected chi connectivity index (χ3v) is 6.67. The summed E-state index contributed by atoms with van der Waals surface area (Å²) in [4.78, 5) is 43.5. The number of methoxy groups -OCH3 is 1. The standard InChI is InChI=1S/C27H20BrClN4O4/c1-37-20-9-5-16(6-10-20)7-12-24(34)31-33-23(15-25(33)35)26-30-22-11-8-17(28)13-21(22)27(36)32(26)19-4-2-3-18(29)14-19/h2-14,23H,15H2,1H3,(H,31,34)/b12-7+. The van der Waals surface area contributed by atoms with Crippen molar-refractivity contribution in [3.8, 4) is 11.4 Å². The number of carbonyl (C=O) groups excluding carboxylic acids is 2. The van der Waals surface area contributed by atoms with Crippen LogP contribution in [-0.2, 0) is 9.59 Å². The Morgan fingerprint density at radius 2 is 1.92 bits per heavy atom. The summed E-state index contributed by atoms with van der Waals surface area (Å²) in [6, 6.07) is 18.6. The molecular formula is C27H20BrClN4O4. The van der Waals surface area contributed by atoms with Gasteiger partial charge in [0.15, 0.2) is 0 Å². The molecule has 1 unspecified atom stereocenters. The van der Waals surface area contributed by atoms with Gasteiger partial charge in [-0.2, -0.15) is 0 Å². The van der Waals surface area contributed by atoms with Crippen LogP contribution in [0, 0.1) is 0 Å². The molecule has 10 heteroatoms. The topological polar surface area (TPSA) is 93.5 Å². The van der Waals surface area contributed by atoms with Crippen LogP contribution in [-0.4, -0.2) is 33.5 Å². The van der Waals surface area contributed by atoms with Crippen LogP contribution in [0.4, 0.5) is 0 Å². The summed E-state index contributed by atoms with van der Waals surface area (Å²) in [7, 11) is 1.58. The Kier molecular flexibility index (Phi) is 6.82. The predicted octanol–water partition coefficient (Wildman–Crippen LogP) is 4.83. The first-order chi connectivity index (χ1) is 17.8. The Bertz CT molecular complexity index is 1620. The van der Waals surface area contributed by atoms with Gasteiger partial charge in [0, 0.05) is 15.6 Å². The van der Waals surface area contributed by atoms with Crippen molar-refractivity contribution < 1.29 is 14.3 Å². The molecule has 1 N–H and O–H groups in total. The van der Waals surface area contributed by atoms with Crippen molar-refractivity contribution in [2.75, 3.05) is 7.11 Å². The van der Waals surface area contributed by atoms with Gasteiger partial charge in [0.2, 0.25) is 5.91 Å². The second kappa shape index (κ2) is 10.2. The maximum Gasteiger partial charge on any atom is 0.266 e. The lowest BCUT2D eigenvalue weighted by atomic mass is 10.0. The lowest BCUT2D eigenvalue weighted by molar-refractivity contribution is -0.156. The average molecular weight is 580 g/mol. The fraction of sp³-hybridized carbons (Fsp3) is 0.111. The van der Waals surface area contributed by atoms with E-state index in [0.717, 1.165) is 10.0 Å². The van der Waals surface area contributed by atoms with Gasteiger partial charge in [0.1, 0.15) is 17.6 Å². The van der Waals surface area contributed by atoms with Gasteiger partial charge in [0.05, 0.1) is 30.1 Å². The van der Waals surface area contributed by atoms with E-state index in [9.17, 15) is 14.4 Å². The molecule has 2 heterocycles. The number of amides is 2. The van der Waals surface area contributed by atoms with Crippen LogP contribution in [0.1, 0.15) is 23.9 Å². The average Bonchev–Trinajstić information content (AvgIpc) is 2.89. The van der Waals surface area contributed by atoms with E-state index in [2.05, 4.69) is 21.4 Å². The summed E-state index contributed by atoms with van der Waals surface area (Å²) >= 11 is 9.62. The molecule has 1 atom stereocenters. The number of halogens is 2. The highest BCUT2D eigenvalue weighted by molar-refractivity contribution is 9.10. The molecule has 1 aromatic heterocycles. The van der Waals surface area contributed by atoms with Gasteiger partial charge in [-0.3, -0.25) is 24.4 Å². The first kappa shape index (κ1) is 24.7. The Hall–Kier alpha value is -3.95. The molecule has 1 saturated heterocycles. The smallest absolute Gasteiger partial charge is 0.266 e. The summed E-state index contributed by atoms with van der Waals surface area (Å²) < 4.78 is 7.31. The highest BCUT2D eigenvalue weighted by Crippen LogP contribution is 2.33. The van der Waals surface area contributed by atoms with Crippen LogP contribution in [0.15, 0.2) is 82.1 Å². The van der Waals surface area contributed by atoms with Crippen molar-refractivity contribution in [1.82, 2.24) is 20.0 Å². The maximum atomic E-state index is 13.6. The van der Waals surface area contributed by atoms with Gasteiger partial charge >= 0.3 is 0 Å². The monoisotopic (exact) mass is 578 g/mol. The third-order valence-electron chi connectivity index (χ3n) is 5.94. The zero-order chi connectivity index (χ0) is 26.1. The molecule has 5 rings (SSSR count). The van der Waals surface area contributed by atoms with Gasteiger partial charge < -0.3 is 4.74 Å². The fourth-order valence-corrected chi connectivity index (χ4v) is 4.62. The summed E-state index contributed by atoms with van der Waals surface area (Å²) in [5.74, 6) is 0.243. The Labute approximate surface area is 225 Å². The number of aromatic nitrogens is 2. The number of hydrogen-bond donors (Lipinski definition) is 1. The minimum atomic E-state index is -0.648. The number of β-lactam (4-membered cyclic amide) rings is 1. The summed E-state index contributed by atoms with van der Waals surface area (Å²) in [6.07, 6.45) is 3.04. The van der Waals surface area contributed by atoms with E-state index in [1.807, 2.05) is 0 Å². The number of nitrogens with zero attached hydrogens (tertiary/aromatic N) is 3. The van der Waals surface area contributed by atoms with Crippen LogP contribution in [0.5, 0.6) is 5.75 Å². The second-order valence-electron chi connectivity index (χ2n) is 8.32. The maximum absolute atomic E-state index is 13.6. The number of nitrogens with one attached hydrogen (secondary N) is 1. The van der Waals surface area contributed by atoms with Gasteiger partial charge in [0.25, 0.3) is 11.5 Å². The van der Waals surface area contributed by atoms with Crippen molar-refractivity contribution in [3.63, 3.8) is 0 Å². The molecule has 2 amide bonds. The molecular weight excluding hydrogens is 560 g/mol. The van der Waals surface area contributed by atoms with Gasteiger partial charge in [-0.15, -0.1) is 0 Å². The lowest BCUT2D eigenvalue weighted by Crippen LogP contribution is -2.57. The number of carbonyl (C=O) groups is 2. The predicted molar refractivity (Wildman–Crippen MR) is 144 cm³/mol. The van der Waals surface area contributed by atoms with Crippen LogP contribution in [0.25, 0.3) is 22.7 Å². The number of hydrogen-bond acceptors (Lipinski definition) is 5. The Morgan fingerprint density at radius 3 is 2.62 bits per heavy atom. The van der Waals surface area contributed by atoms with Crippen LogP contribution < -0.4 is 15.7 Å². The van der Waals surface area contributed by atoms with Gasteiger partial charge in [-0.05, 0) is 60.2 Å². The summed E-state index contributed by atoms with van der Waals surface area (Å²) in [6.45, 7) is 0. The Morgan fingerprint density at radius 1 is 1.14 bits per heavy atom. The van der Waals surface area contributed by atoms with Crippen molar-refractivity contribution in [2.45, 2.75) is 12.5 Å². The largest absolute Gasteiger partial charge is 0.497 e. The molecule has 0 radical (unpaired) electrons. The number of rotatable bonds is 6. The van der Waals surface area contributed by atoms with Gasteiger partial charge in [-0.25, -0.2) is 9.99 Å². The third kappa shape index (κ3) is 5.00. The number of hydrazine groups is 1. The molecule has 0 saturated carbocycles. The number of benzene rings is 3. The van der Waals surface area contributed by atoms with Crippen molar-refractivity contribution in [1.29, 1.82) is 0 Å². The molecule has 186 valence electrons. The highest BCUT2D eigenvalue weighted by Gasteiger charge is 2.41. The molecule has 8 nitrogen and oxygen atoms in total. The van der Waals surface area contributed by atoms with E-state index in [0.29, 0.717) is 33.2 Å². The van der Waals surface area contributed by atoms with Crippen molar-refractivity contribution in [2.24, 2.45) is 0 Å². The normalized spacial score (nSPS) is 15.2. The quantitative estimate of drug-likeness (QED) is 0.261. The minimum absolute atomic E-state index is 0.0809. The number of fused-ring (bicyclic) bond motifs is 1. The van der Waals surface area contributed by atoms with E-state index < -0.39 is 11.9 Å². The first-order valence-electron chi connectivity index (χ1n) is 11.3. The van der Waals surface area contributed by atoms with E-state index in [1.54, 1.807) is 79.9 Å². The van der Waals surface area contributed by atoms with E-state index in [1.165, 1.54) is 15.7 Å². The van der Waals surface area contributed by atoms with Crippen LogP contribution in [0.3, 0.4) is 0 Å². The molecule has 0 spiro atoms. The molecule has 1 aliphatic rings. The fourth-order valence-electron chi connectivity index (χ4n) is 4.07. The molecule has 1 aliphatic heterocycles. The Balaban J connectivity index is 1.49. The lowest BCUT2D eigenvalue weighted by Gasteiger charge is -2.39. The summed E-state index contributed by atoms with van der Waals surface area (Å²) in [5.41, 5.74) is 4.08. The van der Waals surface area contributed by atoms with Crippen molar-refractivity contribution in [3.05, 3.63) is 104 Å². The molecule has 3 aromatic carbocycles. The van der Waals surface area contributed by atoms with Crippen LogP contribution >= 0.6 is 27.5 Å². The first-order valence-corrected chi connectivity index (χ1v) is 12.4. The van der Waals surface area contributed by atoms with E-state index in [4.69, 9.17) is 21.3 Å².